The minimum atomic E-state index is -0.751. The number of thiol groups is 1. The lowest BCUT2D eigenvalue weighted by Gasteiger charge is -2.18. The summed E-state index contributed by atoms with van der Waals surface area (Å²) in [5.74, 6) is 0.307. The number of hydrogen-bond donors (Lipinski definition) is 3. The Morgan fingerprint density at radius 2 is 2.18 bits per heavy atom. The van der Waals surface area contributed by atoms with E-state index in [2.05, 4.69) is 23.3 Å². The van der Waals surface area contributed by atoms with E-state index >= 15 is 0 Å². The first-order chi connectivity index (χ1) is 5.08. The fourth-order valence-corrected chi connectivity index (χ4v) is 1.43. The Morgan fingerprint density at radius 3 is 2.55 bits per heavy atom. The number of urea groups is 1. The molecule has 11 heavy (non-hydrogen) atoms. The quantitative estimate of drug-likeness (QED) is 0.404. The van der Waals surface area contributed by atoms with Gasteiger partial charge in [0.2, 0.25) is 0 Å². The van der Waals surface area contributed by atoms with E-state index < -0.39 is 11.6 Å². The lowest BCUT2D eigenvalue weighted by molar-refractivity contribution is -0.123. The summed E-state index contributed by atoms with van der Waals surface area (Å²) >= 11 is 3.99. The zero-order valence-electron chi connectivity index (χ0n) is 6.18. The molecule has 0 aromatic rings. The van der Waals surface area contributed by atoms with Crippen LogP contribution in [0.4, 0.5) is 4.79 Å². The second-order valence-corrected chi connectivity index (χ2v) is 3.16. The van der Waals surface area contributed by atoms with Crippen molar-refractivity contribution in [1.82, 2.24) is 10.6 Å². The van der Waals surface area contributed by atoms with E-state index in [1.807, 2.05) is 0 Å². The average molecular weight is 174 g/mol. The zero-order chi connectivity index (χ0) is 8.48. The van der Waals surface area contributed by atoms with Crippen LogP contribution >= 0.6 is 12.6 Å². The largest absolute Gasteiger partial charge is 0.324 e. The Balaban J connectivity index is 2.70. The van der Waals surface area contributed by atoms with Gasteiger partial charge in [0.05, 0.1) is 0 Å². The normalized spacial score (nSPS) is 30.0. The van der Waals surface area contributed by atoms with E-state index in [9.17, 15) is 9.59 Å². The topological polar surface area (TPSA) is 58.2 Å². The van der Waals surface area contributed by atoms with Crippen LogP contribution in [-0.2, 0) is 4.79 Å². The second kappa shape index (κ2) is 2.73. The van der Waals surface area contributed by atoms with Gasteiger partial charge < -0.3 is 5.32 Å². The third-order valence-corrected chi connectivity index (χ3v) is 1.95. The maximum absolute atomic E-state index is 11.1. The summed E-state index contributed by atoms with van der Waals surface area (Å²) in [5.41, 5.74) is -0.751. The summed E-state index contributed by atoms with van der Waals surface area (Å²) < 4.78 is 0. The zero-order valence-corrected chi connectivity index (χ0v) is 7.07. The van der Waals surface area contributed by atoms with Crippen LogP contribution in [-0.4, -0.2) is 23.2 Å². The van der Waals surface area contributed by atoms with Gasteiger partial charge in [0.25, 0.3) is 5.91 Å². The van der Waals surface area contributed by atoms with Crippen LogP contribution in [0.2, 0.25) is 0 Å². The number of amides is 3. The lowest BCUT2D eigenvalue weighted by Crippen LogP contribution is -2.43. The number of nitrogens with one attached hydrogen (secondary N) is 2. The van der Waals surface area contributed by atoms with E-state index in [1.54, 1.807) is 6.92 Å². The van der Waals surface area contributed by atoms with Crippen molar-refractivity contribution < 1.29 is 9.59 Å². The summed E-state index contributed by atoms with van der Waals surface area (Å²) in [4.78, 5) is 21.7. The minimum Gasteiger partial charge on any atom is -0.324 e. The molecule has 1 heterocycles. The maximum atomic E-state index is 11.1. The van der Waals surface area contributed by atoms with E-state index in [-0.39, 0.29) is 5.91 Å². The number of hydrogen-bond acceptors (Lipinski definition) is 3. The highest BCUT2D eigenvalue weighted by atomic mass is 32.1. The van der Waals surface area contributed by atoms with Crippen LogP contribution in [0.15, 0.2) is 0 Å². The molecule has 62 valence electrons. The number of imide groups is 1. The molecule has 0 bridgehead atoms. The fraction of sp³-hybridized carbons (Fsp3) is 0.667. The number of carbonyl (C=O) groups excluding carboxylic acids is 2. The van der Waals surface area contributed by atoms with Gasteiger partial charge in [-0.3, -0.25) is 10.1 Å². The van der Waals surface area contributed by atoms with Crippen LogP contribution in [0.5, 0.6) is 0 Å². The van der Waals surface area contributed by atoms with Crippen LogP contribution in [0.25, 0.3) is 0 Å². The van der Waals surface area contributed by atoms with Crippen molar-refractivity contribution in [1.29, 1.82) is 0 Å². The standard InChI is InChI=1S/C6H10N2O2S/c1-6(2-3-11)4(9)7-5(10)8-6/h11H,2-3H2,1H3,(H2,7,8,9,10). The van der Waals surface area contributed by atoms with Gasteiger partial charge in [-0.1, -0.05) is 0 Å². The minimum absolute atomic E-state index is 0.267. The molecule has 1 aliphatic heterocycles. The molecule has 0 radical (unpaired) electrons. The van der Waals surface area contributed by atoms with Gasteiger partial charge in [0, 0.05) is 0 Å². The number of carbonyl (C=O) groups is 2. The predicted octanol–water partition coefficient (Wildman–Crippen LogP) is -0.0956. The monoisotopic (exact) mass is 174 g/mol. The molecule has 0 aromatic heterocycles. The molecule has 1 aliphatic rings. The molecule has 4 nitrogen and oxygen atoms in total. The molecular formula is C6H10N2O2S. The maximum Gasteiger partial charge on any atom is 0.322 e. The Hall–Kier alpha value is -0.710. The van der Waals surface area contributed by atoms with Crippen molar-refractivity contribution in [2.24, 2.45) is 0 Å². The molecule has 1 rings (SSSR count). The first-order valence-electron chi connectivity index (χ1n) is 3.33. The van der Waals surface area contributed by atoms with Crippen LogP contribution in [0.1, 0.15) is 13.3 Å². The van der Waals surface area contributed by atoms with Gasteiger partial charge in [-0.15, -0.1) is 0 Å². The fourth-order valence-electron chi connectivity index (χ4n) is 0.979. The Morgan fingerprint density at radius 1 is 1.55 bits per heavy atom. The van der Waals surface area contributed by atoms with E-state index in [4.69, 9.17) is 0 Å². The molecule has 1 saturated heterocycles. The molecule has 0 spiro atoms. The third-order valence-electron chi connectivity index (χ3n) is 1.73. The van der Waals surface area contributed by atoms with Gasteiger partial charge in [-0.25, -0.2) is 4.79 Å². The Labute approximate surface area is 70.1 Å². The predicted molar refractivity (Wildman–Crippen MR) is 43.5 cm³/mol. The van der Waals surface area contributed by atoms with Crippen molar-refractivity contribution >= 4 is 24.6 Å². The molecule has 0 saturated carbocycles. The highest BCUT2D eigenvalue weighted by molar-refractivity contribution is 7.80. The van der Waals surface area contributed by atoms with Gasteiger partial charge in [0.15, 0.2) is 0 Å². The molecule has 3 amide bonds. The van der Waals surface area contributed by atoms with Crippen LogP contribution in [0.3, 0.4) is 0 Å². The lowest BCUT2D eigenvalue weighted by atomic mass is 10.00. The summed E-state index contributed by atoms with van der Waals surface area (Å²) in [6.45, 7) is 1.68. The smallest absolute Gasteiger partial charge is 0.322 e. The van der Waals surface area contributed by atoms with Crippen LogP contribution in [0, 0.1) is 0 Å². The SMILES string of the molecule is CC1(CCS)NC(=O)NC1=O. The first kappa shape index (κ1) is 8.39. The van der Waals surface area contributed by atoms with E-state index in [0.717, 1.165) is 0 Å². The van der Waals surface area contributed by atoms with E-state index in [1.165, 1.54) is 0 Å². The average Bonchev–Trinajstić information content (AvgIpc) is 2.08. The summed E-state index contributed by atoms with van der Waals surface area (Å²) in [5, 5.41) is 4.70. The third kappa shape index (κ3) is 1.48. The van der Waals surface area contributed by atoms with Gasteiger partial charge in [-0.2, -0.15) is 12.6 Å². The molecule has 0 aliphatic carbocycles. The van der Waals surface area contributed by atoms with Crippen molar-refractivity contribution in [2.75, 3.05) is 5.75 Å². The first-order valence-corrected chi connectivity index (χ1v) is 3.96. The Bertz CT molecular complexity index is 207. The van der Waals surface area contributed by atoms with E-state index in [0.29, 0.717) is 12.2 Å². The van der Waals surface area contributed by atoms with Crippen molar-refractivity contribution in [3.8, 4) is 0 Å². The molecule has 2 N–H and O–H groups in total. The van der Waals surface area contributed by atoms with Gasteiger partial charge in [0.1, 0.15) is 5.54 Å². The highest BCUT2D eigenvalue weighted by Crippen LogP contribution is 2.14. The molecular weight excluding hydrogens is 164 g/mol. The summed E-state index contributed by atoms with van der Waals surface area (Å²) in [6, 6.07) is -0.417. The number of rotatable bonds is 2. The summed E-state index contributed by atoms with van der Waals surface area (Å²) in [6.07, 6.45) is 0.549. The van der Waals surface area contributed by atoms with Crippen molar-refractivity contribution in [2.45, 2.75) is 18.9 Å². The summed E-state index contributed by atoms with van der Waals surface area (Å²) in [7, 11) is 0. The molecule has 5 heteroatoms. The second-order valence-electron chi connectivity index (χ2n) is 2.71. The van der Waals surface area contributed by atoms with Crippen molar-refractivity contribution in [3.63, 3.8) is 0 Å². The van der Waals surface area contributed by atoms with Crippen molar-refractivity contribution in [3.05, 3.63) is 0 Å². The highest BCUT2D eigenvalue weighted by Gasteiger charge is 2.40. The van der Waals surface area contributed by atoms with Gasteiger partial charge in [-0.05, 0) is 19.1 Å². The van der Waals surface area contributed by atoms with Crippen LogP contribution < -0.4 is 10.6 Å². The molecule has 1 fully saturated rings. The Kier molecular flexibility index (Phi) is 2.08. The molecule has 0 aromatic carbocycles. The van der Waals surface area contributed by atoms with Gasteiger partial charge >= 0.3 is 6.03 Å². The molecule has 1 atom stereocenters. The molecule has 1 unspecified atom stereocenters.